The Morgan fingerprint density at radius 1 is 1.12 bits per heavy atom. The fraction of sp³-hybridized carbons (Fsp3) is 0.360. The zero-order valence-electron chi connectivity index (χ0n) is 18.4. The Morgan fingerprint density at radius 3 is 2.66 bits per heavy atom. The standard InChI is InChI=1S/C25H29N5O2/c1-28(15-11-20-9-12-26-13-10-20)25(32)22-8-5-14-29(19-22)23-16-24(31)30(27-17-23)18-21-6-3-2-4-7-21/h2-4,6-7,9-10,12-13,16-17,22H,5,8,11,14-15,18-19H2,1H3/t22-/m0/s1. The van der Waals surface area contributed by atoms with Crippen molar-refractivity contribution in [2.45, 2.75) is 25.8 Å². The lowest BCUT2D eigenvalue weighted by atomic mass is 9.96. The molecule has 0 radical (unpaired) electrons. The molecule has 7 nitrogen and oxygen atoms in total. The number of hydrogen-bond donors (Lipinski definition) is 0. The minimum Gasteiger partial charge on any atom is -0.369 e. The molecule has 1 aliphatic heterocycles. The quantitative estimate of drug-likeness (QED) is 0.575. The predicted octanol–water partition coefficient (Wildman–Crippen LogP) is 2.60. The molecular formula is C25H29N5O2. The van der Waals surface area contributed by atoms with Crippen LogP contribution in [0.4, 0.5) is 5.69 Å². The monoisotopic (exact) mass is 431 g/mol. The summed E-state index contributed by atoms with van der Waals surface area (Å²) in [6.45, 7) is 2.57. The maximum atomic E-state index is 13.0. The Labute approximate surface area is 188 Å². The van der Waals surface area contributed by atoms with E-state index in [9.17, 15) is 9.59 Å². The van der Waals surface area contributed by atoms with Crippen LogP contribution in [-0.4, -0.2) is 52.3 Å². The predicted molar refractivity (Wildman–Crippen MR) is 125 cm³/mol. The van der Waals surface area contributed by atoms with E-state index in [1.54, 1.807) is 24.7 Å². The highest BCUT2D eigenvalue weighted by molar-refractivity contribution is 5.79. The number of aromatic nitrogens is 3. The van der Waals surface area contributed by atoms with Gasteiger partial charge in [0.15, 0.2) is 0 Å². The summed E-state index contributed by atoms with van der Waals surface area (Å²) in [6.07, 6.45) is 7.89. The molecular weight excluding hydrogens is 402 g/mol. The molecule has 0 bridgehead atoms. The van der Waals surface area contributed by atoms with Gasteiger partial charge in [-0.1, -0.05) is 30.3 Å². The van der Waals surface area contributed by atoms with Gasteiger partial charge in [0, 0.05) is 45.1 Å². The van der Waals surface area contributed by atoms with E-state index in [2.05, 4.69) is 15.0 Å². The van der Waals surface area contributed by atoms with Gasteiger partial charge in [-0.3, -0.25) is 14.6 Å². The number of hydrogen-bond acceptors (Lipinski definition) is 5. The molecule has 2 aromatic heterocycles. The number of carbonyl (C=O) groups excluding carboxylic acids is 1. The number of piperidine rings is 1. The summed E-state index contributed by atoms with van der Waals surface area (Å²) in [6, 6.07) is 15.4. The van der Waals surface area contributed by atoms with E-state index < -0.39 is 0 Å². The van der Waals surface area contributed by atoms with Crippen LogP contribution in [0.1, 0.15) is 24.0 Å². The van der Waals surface area contributed by atoms with Gasteiger partial charge in [-0.2, -0.15) is 5.10 Å². The van der Waals surface area contributed by atoms with Crippen molar-refractivity contribution in [2.75, 3.05) is 31.6 Å². The molecule has 0 unspecified atom stereocenters. The molecule has 1 aliphatic rings. The SMILES string of the molecule is CN(CCc1ccncc1)C(=O)[C@H]1CCCN(c2cnn(Cc3ccccc3)c(=O)c2)C1. The third kappa shape index (κ3) is 5.41. The fourth-order valence-corrected chi connectivity index (χ4v) is 4.15. The maximum Gasteiger partial charge on any atom is 0.269 e. The third-order valence-electron chi connectivity index (χ3n) is 6.03. The molecule has 1 amide bonds. The van der Waals surface area contributed by atoms with Crippen LogP contribution in [0, 0.1) is 5.92 Å². The van der Waals surface area contributed by atoms with Gasteiger partial charge in [-0.05, 0) is 42.5 Å². The van der Waals surface area contributed by atoms with Gasteiger partial charge in [-0.25, -0.2) is 4.68 Å². The topological polar surface area (TPSA) is 71.3 Å². The highest BCUT2D eigenvalue weighted by Crippen LogP contribution is 2.23. The minimum absolute atomic E-state index is 0.0714. The minimum atomic E-state index is -0.130. The van der Waals surface area contributed by atoms with Crippen LogP contribution < -0.4 is 10.5 Å². The Morgan fingerprint density at radius 2 is 1.91 bits per heavy atom. The number of benzene rings is 1. The largest absolute Gasteiger partial charge is 0.369 e. The van der Waals surface area contributed by atoms with Gasteiger partial charge in [0.2, 0.25) is 5.91 Å². The van der Waals surface area contributed by atoms with E-state index in [1.165, 1.54) is 10.2 Å². The maximum absolute atomic E-state index is 13.0. The lowest BCUT2D eigenvalue weighted by Crippen LogP contribution is -2.44. The molecule has 3 aromatic rings. The van der Waals surface area contributed by atoms with Crippen molar-refractivity contribution in [1.29, 1.82) is 0 Å². The van der Waals surface area contributed by atoms with Crippen molar-refractivity contribution < 1.29 is 4.79 Å². The van der Waals surface area contributed by atoms with E-state index >= 15 is 0 Å². The Hall–Kier alpha value is -3.48. The first-order chi connectivity index (χ1) is 15.6. The second kappa shape index (κ2) is 10.2. The second-order valence-electron chi connectivity index (χ2n) is 8.35. The third-order valence-corrected chi connectivity index (χ3v) is 6.03. The zero-order chi connectivity index (χ0) is 22.3. The molecule has 0 saturated carbocycles. The van der Waals surface area contributed by atoms with Crippen molar-refractivity contribution >= 4 is 11.6 Å². The molecule has 7 heteroatoms. The van der Waals surface area contributed by atoms with Gasteiger partial charge < -0.3 is 9.80 Å². The molecule has 0 aliphatic carbocycles. The highest BCUT2D eigenvalue weighted by Gasteiger charge is 2.28. The average molecular weight is 432 g/mol. The summed E-state index contributed by atoms with van der Waals surface area (Å²) in [4.78, 5) is 33.6. The molecule has 1 fully saturated rings. The number of pyridine rings is 1. The molecule has 1 saturated heterocycles. The first-order valence-electron chi connectivity index (χ1n) is 11.1. The van der Waals surface area contributed by atoms with Gasteiger partial charge >= 0.3 is 0 Å². The number of rotatable bonds is 7. The van der Waals surface area contributed by atoms with Gasteiger partial charge in [0.05, 0.1) is 24.3 Å². The average Bonchev–Trinajstić information content (AvgIpc) is 2.84. The van der Waals surface area contributed by atoms with Crippen molar-refractivity contribution in [3.63, 3.8) is 0 Å². The van der Waals surface area contributed by atoms with E-state index in [-0.39, 0.29) is 17.4 Å². The van der Waals surface area contributed by atoms with Crippen LogP contribution in [0.25, 0.3) is 0 Å². The first-order valence-corrected chi connectivity index (χ1v) is 11.1. The Kier molecular flexibility index (Phi) is 6.94. The number of likely N-dealkylation sites (N-methyl/N-ethyl adjacent to an activating group) is 1. The van der Waals surface area contributed by atoms with Gasteiger partial charge in [0.1, 0.15) is 0 Å². The van der Waals surface area contributed by atoms with E-state index in [0.717, 1.165) is 37.1 Å². The highest BCUT2D eigenvalue weighted by atomic mass is 16.2. The summed E-state index contributed by atoms with van der Waals surface area (Å²) >= 11 is 0. The molecule has 1 atom stereocenters. The van der Waals surface area contributed by atoms with E-state index in [1.807, 2.05) is 54.4 Å². The summed E-state index contributed by atoms with van der Waals surface area (Å²) < 4.78 is 1.47. The Bertz CT molecular complexity index is 1080. The lowest BCUT2D eigenvalue weighted by Gasteiger charge is -2.35. The summed E-state index contributed by atoms with van der Waals surface area (Å²) in [5, 5.41) is 4.38. The zero-order valence-corrected chi connectivity index (χ0v) is 18.4. The molecule has 3 heterocycles. The number of nitrogens with zero attached hydrogens (tertiary/aromatic N) is 5. The van der Waals surface area contributed by atoms with Crippen LogP contribution in [0.3, 0.4) is 0 Å². The van der Waals surface area contributed by atoms with Crippen molar-refractivity contribution in [1.82, 2.24) is 19.7 Å². The van der Waals surface area contributed by atoms with E-state index in [4.69, 9.17) is 0 Å². The number of anilines is 1. The molecule has 1 aromatic carbocycles. The van der Waals surface area contributed by atoms with E-state index in [0.29, 0.717) is 19.6 Å². The van der Waals surface area contributed by atoms with Crippen LogP contribution in [0.2, 0.25) is 0 Å². The molecule has 4 rings (SSSR count). The molecule has 0 spiro atoms. The second-order valence-corrected chi connectivity index (χ2v) is 8.35. The normalized spacial score (nSPS) is 16.0. The van der Waals surface area contributed by atoms with Crippen molar-refractivity contribution in [3.8, 4) is 0 Å². The molecule has 32 heavy (non-hydrogen) atoms. The summed E-state index contributed by atoms with van der Waals surface area (Å²) in [5.74, 6) is 0.0899. The van der Waals surface area contributed by atoms with Gasteiger partial charge in [-0.15, -0.1) is 0 Å². The first kappa shape index (κ1) is 21.7. The molecule has 0 N–H and O–H groups in total. The summed E-state index contributed by atoms with van der Waals surface area (Å²) in [5.41, 5.74) is 2.87. The van der Waals surface area contributed by atoms with Crippen LogP contribution in [0.5, 0.6) is 0 Å². The van der Waals surface area contributed by atoms with Crippen molar-refractivity contribution in [2.24, 2.45) is 5.92 Å². The van der Waals surface area contributed by atoms with Gasteiger partial charge in [0.25, 0.3) is 5.56 Å². The van der Waals surface area contributed by atoms with Crippen LogP contribution in [0.15, 0.2) is 71.9 Å². The van der Waals surface area contributed by atoms with Crippen LogP contribution in [-0.2, 0) is 17.8 Å². The molecule has 166 valence electrons. The fourth-order valence-electron chi connectivity index (χ4n) is 4.15. The van der Waals surface area contributed by atoms with Crippen molar-refractivity contribution in [3.05, 3.63) is 88.6 Å². The smallest absolute Gasteiger partial charge is 0.269 e. The number of carbonyl (C=O) groups is 1. The number of amides is 1. The summed E-state index contributed by atoms with van der Waals surface area (Å²) in [7, 11) is 1.87. The van der Waals surface area contributed by atoms with Crippen LogP contribution >= 0.6 is 0 Å². The lowest BCUT2D eigenvalue weighted by molar-refractivity contribution is -0.134. The Balaban J connectivity index is 1.37.